The molecule has 2 aromatic rings. The summed E-state index contributed by atoms with van der Waals surface area (Å²) in [6.07, 6.45) is 2.66. The van der Waals surface area contributed by atoms with Crippen LogP contribution in [0.1, 0.15) is 13.3 Å². The highest BCUT2D eigenvalue weighted by Gasteiger charge is 2.12. The van der Waals surface area contributed by atoms with Crippen LogP contribution in [0.5, 0.6) is 0 Å². The predicted octanol–water partition coefficient (Wildman–Crippen LogP) is 3.28. The summed E-state index contributed by atoms with van der Waals surface area (Å²) < 4.78 is 0. The molecule has 3 nitrogen and oxygen atoms in total. The van der Waals surface area contributed by atoms with Crippen LogP contribution in [0.4, 0.5) is 5.69 Å². The van der Waals surface area contributed by atoms with Crippen molar-refractivity contribution in [2.75, 3.05) is 5.32 Å². The Bertz CT molecular complexity index is 506. The molecule has 0 aliphatic heterocycles. The number of benzene rings is 1. The number of H-pyrrole nitrogens is 1. The van der Waals surface area contributed by atoms with Gasteiger partial charge in [0.2, 0.25) is 5.91 Å². The van der Waals surface area contributed by atoms with Crippen molar-refractivity contribution in [2.45, 2.75) is 18.2 Å². The number of hydrogen-bond donors (Lipinski definition) is 2. The molecule has 2 rings (SSSR count). The van der Waals surface area contributed by atoms with Crippen LogP contribution in [-0.4, -0.2) is 15.7 Å². The topological polar surface area (TPSA) is 44.9 Å². The molecule has 2 N–H and O–H groups in total. The third kappa shape index (κ3) is 2.27. The number of fused-ring (bicyclic) bond motifs is 1. The zero-order chi connectivity index (χ0) is 11.5. The maximum Gasteiger partial charge on any atom is 0.238 e. The summed E-state index contributed by atoms with van der Waals surface area (Å²) in [5, 5.41) is 3.97. The Labute approximate surface area is 102 Å². The Morgan fingerprint density at radius 2 is 2.31 bits per heavy atom. The van der Waals surface area contributed by atoms with Crippen molar-refractivity contribution < 1.29 is 4.79 Å². The van der Waals surface area contributed by atoms with Gasteiger partial charge in [-0.3, -0.25) is 4.79 Å². The highest BCUT2D eigenvalue weighted by atomic mass is 79.9. The lowest BCUT2D eigenvalue weighted by Crippen LogP contribution is -2.21. The minimum absolute atomic E-state index is 0.00242. The van der Waals surface area contributed by atoms with E-state index >= 15 is 0 Å². The van der Waals surface area contributed by atoms with E-state index in [0.717, 1.165) is 23.0 Å². The molecular formula is C12H13BrN2O. The Kier molecular flexibility index (Phi) is 3.29. The van der Waals surface area contributed by atoms with Gasteiger partial charge < -0.3 is 10.3 Å². The number of carbonyl (C=O) groups is 1. The van der Waals surface area contributed by atoms with Gasteiger partial charge in [-0.05, 0) is 30.7 Å². The van der Waals surface area contributed by atoms with Crippen LogP contribution < -0.4 is 5.32 Å². The summed E-state index contributed by atoms with van der Waals surface area (Å²) in [6.45, 7) is 1.97. The van der Waals surface area contributed by atoms with Crippen molar-refractivity contribution in [2.24, 2.45) is 0 Å². The molecule has 1 atom stereocenters. The summed E-state index contributed by atoms with van der Waals surface area (Å²) in [5.74, 6) is -0.00242. The average Bonchev–Trinajstić information content (AvgIpc) is 2.75. The summed E-state index contributed by atoms with van der Waals surface area (Å²) in [6, 6.07) is 7.79. The van der Waals surface area contributed by atoms with Gasteiger partial charge in [-0.25, -0.2) is 0 Å². The fourth-order valence-electron chi connectivity index (χ4n) is 1.54. The summed E-state index contributed by atoms with van der Waals surface area (Å²) >= 11 is 3.32. The average molecular weight is 281 g/mol. The number of carbonyl (C=O) groups excluding carboxylic acids is 1. The molecule has 0 saturated carbocycles. The first-order valence-electron chi connectivity index (χ1n) is 5.23. The number of halogens is 1. The molecule has 84 valence electrons. The lowest BCUT2D eigenvalue weighted by atomic mass is 10.2. The van der Waals surface area contributed by atoms with Crippen LogP contribution in [0.25, 0.3) is 10.9 Å². The smallest absolute Gasteiger partial charge is 0.238 e. The second-order valence-corrected chi connectivity index (χ2v) is 4.75. The largest absolute Gasteiger partial charge is 0.361 e. The molecule has 0 aliphatic rings. The number of amides is 1. The summed E-state index contributed by atoms with van der Waals surface area (Å²) in [4.78, 5) is 14.6. The van der Waals surface area contributed by atoms with Gasteiger partial charge in [0.15, 0.2) is 0 Å². The zero-order valence-corrected chi connectivity index (χ0v) is 10.5. The van der Waals surface area contributed by atoms with Crippen molar-refractivity contribution in [1.29, 1.82) is 0 Å². The first kappa shape index (κ1) is 11.2. The predicted molar refractivity (Wildman–Crippen MR) is 69.9 cm³/mol. The molecule has 0 saturated heterocycles. The Morgan fingerprint density at radius 3 is 3.06 bits per heavy atom. The Hall–Kier alpha value is -1.29. The van der Waals surface area contributed by atoms with E-state index in [0.29, 0.717) is 0 Å². The molecular weight excluding hydrogens is 268 g/mol. The van der Waals surface area contributed by atoms with Gasteiger partial charge in [0.05, 0.1) is 4.83 Å². The monoisotopic (exact) mass is 280 g/mol. The number of nitrogens with one attached hydrogen (secondary N) is 2. The number of alkyl halides is 1. The molecule has 0 aliphatic carbocycles. The summed E-state index contributed by atoms with van der Waals surface area (Å²) in [7, 11) is 0. The Morgan fingerprint density at radius 1 is 1.50 bits per heavy atom. The van der Waals surface area contributed by atoms with Gasteiger partial charge in [0.1, 0.15) is 0 Å². The molecule has 1 aromatic carbocycles. The molecule has 1 unspecified atom stereocenters. The van der Waals surface area contributed by atoms with Gasteiger partial charge in [-0.2, -0.15) is 0 Å². The minimum Gasteiger partial charge on any atom is -0.361 e. The fourth-order valence-corrected chi connectivity index (χ4v) is 1.65. The fraction of sp³-hybridized carbons (Fsp3) is 0.250. The number of hydrogen-bond acceptors (Lipinski definition) is 1. The number of aromatic nitrogens is 1. The third-order valence-electron chi connectivity index (χ3n) is 2.46. The lowest BCUT2D eigenvalue weighted by Gasteiger charge is -2.08. The first-order chi connectivity index (χ1) is 7.70. The Balaban J connectivity index is 2.17. The zero-order valence-electron chi connectivity index (χ0n) is 8.96. The first-order valence-corrected chi connectivity index (χ1v) is 6.14. The SMILES string of the molecule is CCC(Br)C(=O)Nc1ccc2[nH]ccc2c1. The standard InChI is InChI=1S/C12H13BrN2O/c1-2-10(13)12(16)15-9-3-4-11-8(7-9)5-6-14-11/h3-7,10,14H,2H2,1H3,(H,15,16). The van der Waals surface area contributed by atoms with Crippen molar-refractivity contribution in [1.82, 2.24) is 4.98 Å². The van der Waals surface area contributed by atoms with E-state index in [1.807, 2.05) is 37.4 Å². The van der Waals surface area contributed by atoms with Crippen molar-refractivity contribution >= 4 is 38.4 Å². The summed E-state index contributed by atoms with van der Waals surface area (Å²) in [5.41, 5.74) is 1.90. The van der Waals surface area contributed by atoms with E-state index in [2.05, 4.69) is 26.2 Å². The van der Waals surface area contributed by atoms with Crippen LogP contribution in [0.2, 0.25) is 0 Å². The molecule has 1 amide bonds. The van der Waals surface area contributed by atoms with Crippen LogP contribution in [0.15, 0.2) is 30.5 Å². The van der Waals surface area contributed by atoms with E-state index in [1.54, 1.807) is 0 Å². The van der Waals surface area contributed by atoms with Gasteiger partial charge in [-0.1, -0.05) is 22.9 Å². The normalized spacial score (nSPS) is 12.6. The van der Waals surface area contributed by atoms with Crippen LogP contribution in [0.3, 0.4) is 0 Å². The molecule has 0 fully saturated rings. The molecule has 1 heterocycles. The number of rotatable bonds is 3. The molecule has 16 heavy (non-hydrogen) atoms. The molecule has 4 heteroatoms. The van der Waals surface area contributed by atoms with Crippen molar-refractivity contribution in [3.05, 3.63) is 30.5 Å². The van der Waals surface area contributed by atoms with Crippen LogP contribution >= 0.6 is 15.9 Å². The molecule has 0 spiro atoms. The van der Waals surface area contributed by atoms with E-state index in [4.69, 9.17) is 0 Å². The van der Waals surface area contributed by atoms with Gasteiger partial charge in [0.25, 0.3) is 0 Å². The number of aromatic amines is 1. The van der Waals surface area contributed by atoms with Gasteiger partial charge in [0, 0.05) is 22.8 Å². The molecule has 0 bridgehead atoms. The van der Waals surface area contributed by atoms with Gasteiger partial charge in [-0.15, -0.1) is 0 Å². The maximum atomic E-state index is 11.7. The third-order valence-corrected chi connectivity index (χ3v) is 3.53. The van der Waals surface area contributed by atoms with Gasteiger partial charge >= 0.3 is 0 Å². The second kappa shape index (κ2) is 4.70. The van der Waals surface area contributed by atoms with E-state index in [9.17, 15) is 4.79 Å². The number of anilines is 1. The van der Waals surface area contributed by atoms with Crippen LogP contribution in [-0.2, 0) is 4.79 Å². The maximum absolute atomic E-state index is 11.7. The highest BCUT2D eigenvalue weighted by molar-refractivity contribution is 9.10. The second-order valence-electron chi connectivity index (χ2n) is 3.64. The molecule has 1 aromatic heterocycles. The quantitative estimate of drug-likeness (QED) is 0.833. The highest BCUT2D eigenvalue weighted by Crippen LogP contribution is 2.18. The van der Waals surface area contributed by atoms with E-state index in [-0.39, 0.29) is 10.7 Å². The van der Waals surface area contributed by atoms with Crippen molar-refractivity contribution in [3.8, 4) is 0 Å². The van der Waals surface area contributed by atoms with E-state index in [1.165, 1.54) is 0 Å². The lowest BCUT2D eigenvalue weighted by molar-refractivity contribution is -0.115. The van der Waals surface area contributed by atoms with E-state index < -0.39 is 0 Å². The van der Waals surface area contributed by atoms with Crippen molar-refractivity contribution in [3.63, 3.8) is 0 Å². The van der Waals surface area contributed by atoms with Crippen LogP contribution in [0, 0.1) is 0 Å². The molecule has 0 radical (unpaired) electrons. The minimum atomic E-state index is -0.130.